The maximum absolute atomic E-state index is 13.6. The van der Waals surface area contributed by atoms with Crippen molar-refractivity contribution in [3.8, 4) is 22.8 Å². The summed E-state index contributed by atoms with van der Waals surface area (Å²) in [4.78, 5) is 30.0. The van der Waals surface area contributed by atoms with Gasteiger partial charge in [0.1, 0.15) is 29.8 Å². The molecule has 342 valence electrons. The topological polar surface area (TPSA) is 249 Å². The van der Waals surface area contributed by atoms with Gasteiger partial charge in [-0.1, -0.05) is 5.21 Å². The van der Waals surface area contributed by atoms with Crippen LogP contribution < -0.4 is 9.47 Å². The lowest BCUT2D eigenvalue weighted by Crippen LogP contribution is -2.59. The van der Waals surface area contributed by atoms with Crippen molar-refractivity contribution in [1.29, 1.82) is 0 Å². The van der Waals surface area contributed by atoms with E-state index >= 15 is 0 Å². The number of carbonyl (C=O) groups excluding carboxylic acids is 1. The van der Waals surface area contributed by atoms with Crippen molar-refractivity contribution in [2.45, 2.75) is 50.1 Å². The zero-order chi connectivity index (χ0) is 44.4. The second-order valence-corrected chi connectivity index (χ2v) is 14.8. The molecule has 0 aliphatic carbocycles. The Labute approximate surface area is 345 Å². The Hall–Kier alpha value is -3.75. The van der Waals surface area contributed by atoms with Crippen LogP contribution in [0.5, 0.6) is 11.5 Å². The van der Waals surface area contributed by atoms with Crippen molar-refractivity contribution in [1.82, 2.24) is 15.0 Å². The lowest BCUT2D eigenvalue weighted by Gasteiger charge is -2.40. The van der Waals surface area contributed by atoms with Gasteiger partial charge in [-0.3, -0.25) is 9.36 Å². The summed E-state index contributed by atoms with van der Waals surface area (Å²) in [7, 11) is -4.38. The highest BCUT2D eigenvalue weighted by Gasteiger charge is 2.45. The molecule has 0 radical (unpaired) electrons. The summed E-state index contributed by atoms with van der Waals surface area (Å²) in [5.74, 6) is -14.0. The number of ether oxygens (including phenoxy) is 9. The number of aromatic nitrogens is 3. The molecule has 2 aromatic carbocycles. The maximum atomic E-state index is 13.6. The molecule has 25 heteroatoms. The maximum Gasteiger partial charge on any atom is 0.325 e. The molecule has 1 aromatic heterocycles. The minimum atomic E-state index is -4.38. The van der Waals surface area contributed by atoms with Gasteiger partial charge in [0.2, 0.25) is 41.1 Å². The largest absolute Gasteiger partial charge is 0.462 e. The smallest absolute Gasteiger partial charge is 0.325 e. The van der Waals surface area contributed by atoms with Gasteiger partial charge in [0.25, 0.3) is 0 Å². The van der Waals surface area contributed by atoms with E-state index in [1.54, 1.807) is 35.1 Å². The van der Waals surface area contributed by atoms with Crippen LogP contribution in [0.2, 0.25) is 0 Å². The van der Waals surface area contributed by atoms with E-state index in [4.69, 9.17) is 47.7 Å². The van der Waals surface area contributed by atoms with Crippen LogP contribution in [-0.4, -0.2) is 162 Å². The van der Waals surface area contributed by atoms with Gasteiger partial charge in [-0.15, -0.1) is 5.10 Å². The molecule has 0 saturated carbocycles. The second kappa shape index (κ2) is 25.4. The molecule has 61 heavy (non-hydrogen) atoms. The Morgan fingerprint density at radius 3 is 1.70 bits per heavy atom. The van der Waals surface area contributed by atoms with E-state index in [1.165, 1.54) is 0 Å². The fourth-order valence-corrected chi connectivity index (χ4v) is 5.87. The summed E-state index contributed by atoms with van der Waals surface area (Å²) in [6.07, 6.45) is -7.04. The molecule has 5 N–H and O–H groups in total. The van der Waals surface area contributed by atoms with E-state index in [0.717, 1.165) is 0 Å². The summed E-state index contributed by atoms with van der Waals surface area (Å²) in [6.45, 7) is 3.21. The zero-order valence-corrected chi connectivity index (χ0v) is 33.4. The molecule has 19 nitrogen and oxygen atoms in total. The molecule has 1 fully saturated rings. The van der Waals surface area contributed by atoms with Crippen molar-refractivity contribution in [2.75, 3.05) is 85.4 Å². The molecule has 0 unspecified atom stereocenters. The predicted molar refractivity (Wildman–Crippen MR) is 196 cm³/mol. The number of aliphatic hydroxyl groups is 3. The molecule has 5 atom stereocenters. The van der Waals surface area contributed by atoms with Crippen LogP contribution in [0.15, 0.2) is 30.5 Å². The highest BCUT2D eigenvalue weighted by Crippen LogP contribution is 2.37. The van der Waals surface area contributed by atoms with Crippen molar-refractivity contribution in [3.05, 3.63) is 59.5 Å². The summed E-state index contributed by atoms with van der Waals surface area (Å²) in [5.41, 5.74) is 1.26. The van der Waals surface area contributed by atoms with Crippen LogP contribution in [0.25, 0.3) is 11.3 Å². The molecule has 3 aromatic rings. The Kier molecular flexibility index (Phi) is 20.8. The molecule has 0 amide bonds. The third kappa shape index (κ3) is 16.5. The van der Waals surface area contributed by atoms with Crippen molar-refractivity contribution in [3.63, 3.8) is 0 Å². The lowest BCUT2D eigenvalue weighted by atomic mass is 9.97. The van der Waals surface area contributed by atoms with Gasteiger partial charge in [0.15, 0.2) is 0 Å². The number of aliphatic hydroxyl groups excluding tert-OH is 3. The molecule has 1 saturated heterocycles. The van der Waals surface area contributed by atoms with E-state index in [0.29, 0.717) is 64.1 Å². The third-order valence-electron chi connectivity index (χ3n) is 8.48. The summed E-state index contributed by atoms with van der Waals surface area (Å²) < 4.78 is 127. The van der Waals surface area contributed by atoms with Crippen LogP contribution in [0, 0.1) is 29.1 Å². The van der Waals surface area contributed by atoms with Crippen molar-refractivity contribution in [2.24, 2.45) is 0 Å². The van der Waals surface area contributed by atoms with Gasteiger partial charge in [-0.05, 0) is 30.7 Å². The average Bonchev–Trinajstić information content (AvgIpc) is 3.71. The monoisotopic (exact) mass is 903 g/mol. The minimum absolute atomic E-state index is 0.0509. The van der Waals surface area contributed by atoms with Crippen molar-refractivity contribution < 1.29 is 99.0 Å². The van der Waals surface area contributed by atoms with Crippen LogP contribution in [0.1, 0.15) is 12.8 Å². The molecule has 2 heterocycles. The van der Waals surface area contributed by atoms with Crippen LogP contribution in [-0.2, 0) is 49.1 Å². The van der Waals surface area contributed by atoms with E-state index < -0.39 is 91.7 Å². The van der Waals surface area contributed by atoms with E-state index in [2.05, 4.69) is 15.0 Å². The number of halogens is 5. The Morgan fingerprint density at radius 1 is 0.689 bits per heavy atom. The molecule has 1 aliphatic heterocycles. The number of esters is 1. The minimum Gasteiger partial charge on any atom is -0.462 e. The van der Waals surface area contributed by atoms with Gasteiger partial charge >= 0.3 is 13.6 Å². The number of hydrogen-bond acceptors (Lipinski definition) is 16. The lowest BCUT2D eigenvalue weighted by molar-refractivity contribution is -0.272. The highest BCUT2D eigenvalue weighted by atomic mass is 31.2. The normalized spacial score (nSPS) is 19.3. The number of hydrogen-bond donors (Lipinski definition) is 5. The number of benzene rings is 2. The Balaban J connectivity index is 0.942. The molecule has 1 aliphatic rings. The fourth-order valence-electron chi connectivity index (χ4n) is 5.28. The second-order valence-electron chi connectivity index (χ2n) is 13.0. The number of rotatable bonds is 28. The summed E-state index contributed by atoms with van der Waals surface area (Å²) >= 11 is 0. The molecule has 4 rings (SSSR count). The third-order valence-corrected chi connectivity index (χ3v) is 9.32. The van der Waals surface area contributed by atoms with E-state index in [-0.39, 0.29) is 45.2 Å². The van der Waals surface area contributed by atoms with E-state index in [9.17, 15) is 46.6 Å². The van der Waals surface area contributed by atoms with Crippen LogP contribution in [0.3, 0.4) is 0 Å². The first kappa shape index (κ1) is 49.9. The fraction of sp³-hybridized carbons (Fsp3) is 0.583. The molecular weight excluding hydrogens is 856 g/mol. The average molecular weight is 904 g/mol. The van der Waals surface area contributed by atoms with Gasteiger partial charge in [-0.2, -0.15) is 8.78 Å². The standard InChI is InChI=1S/C36H47F5N3O16P/c37-27-28(38)30(40)35(31(41)29(27)39)60-26(45)5-8-52-10-12-54-14-16-56-18-19-57-17-15-55-13-11-53-9-7-44-21-24(42-43-44)22-1-3-23(4-2-22)58-36-34(48)33(47)32(46)25(59-36)6-20-61(49,50)51/h1-4,21,25,32-34,36,46-48H,5-20H2,(H2,49,50,51)/t25-,32-,33+,34+,36+/m1/s1. The number of nitrogens with zero attached hydrogens (tertiary/aromatic N) is 3. The van der Waals surface area contributed by atoms with Gasteiger partial charge < -0.3 is 67.7 Å². The molecular formula is C36H47F5N3O16P. The van der Waals surface area contributed by atoms with E-state index in [1.807, 2.05) is 0 Å². The van der Waals surface area contributed by atoms with Gasteiger partial charge in [-0.25, -0.2) is 17.9 Å². The summed E-state index contributed by atoms with van der Waals surface area (Å²) in [6, 6.07) is 6.52. The molecule has 0 bridgehead atoms. The van der Waals surface area contributed by atoms with Crippen LogP contribution >= 0.6 is 7.60 Å². The first-order valence-electron chi connectivity index (χ1n) is 18.8. The van der Waals surface area contributed by atoms with Gasteiger partial charge in [0, 0.05) is 5.56 Å². The highest BCUT2D eigenvalue weighted by molar-refractivity contribution is 7.51. The SMILES string of the molecule is O=C(CCOCCOCCOCCOCCOCCOCCn1cc(-c2ccc(O[C@H]3O[C@H](CCP(=O)(O)O)[C@@H](O)[C@H](O)[C@@H]3O)cc2)nn1)Oc1c(F)c(F)c(F)c(F)c1F. The first-order valence-corrected chi connectivity index (χ1v) is 20.6. The zero-order valence-electron chi connectivity index (χ0n) is 32.5. The first-order chi connectivity index (χ1) is 29.2. The Morgan fingerprint density at radius 2 is 1.18 bits per heavy atom. The Bertz CT molecular complexity index is 1820. The van der Waals surface area contributed by atoms with Crippen LogP contribution in [0.4, 0.5) is 22.0 Å². The summed E-state index contributed by atoms with van der Waals surface area (Å²) in [5, 5.41) is 38.9. The molecule has 0 spiro atoms. The quantitative estimate of drug-likeness (QED) is 0.0132. The number of carbonyl (C=O) groups is 1. The predicted octanol–water partition coefficient (Wildman–Crippen LogP) is 1.49. The van der Waals surface area contributed by atoms with Gasteiger partial charge in [0.05, 0.1) is 111 Å². The van der Waals surface area contributed by atoms with Crippen molar-refractivity contribution >= 4 is 13.6 Å².